The lowest BCUT2D eigenvalue weighted by Gasteiger charge is -2.14. The zero-order valence-corrected chi connectivity index (χ0v) is 33.4. The Labute approximate surface area is 355 Å². The predicted molar refractivity (Wildman–Crippen MR) is 254 cm³/mol. The molecule has 9 aromatic carbocycles. The molecule has 0 atom stereocenters. The minimum Gasteiger partial charge on any atom is -0.294 e. The van der Waals surface area contributed by atoms with Gasteiger partial charge in [0.05, 0.1) is 16.6 Å². The predicted octanol–water partition coefficient (Wildman–Crippen LogP) is 15.2. The molecule has 11 rings (SSSR count). The van der Waals surface area contributed by atoms with Gasteiger partial charge in [0.2, 0.25) is 0 Å². The van der Waals surface area contributed by atoms with Gasteiger partial charge in [-0.3, -0.25) is 4.57 Å². The van der Waals surface area contributed by atoms with E-state index in [-0.39, 0.29) is 0 Å². The first kappa shape index (κ1) is 36.0. The second-order valence-corrected chi connectivity index (χ2v) is 15.4. The van der Waals surface area contributed by atoms with Gasteiger partial charge in [0.25, 0.3) is 0 Å². The van der Waals surface area contributed by atoms with Crippen LogP contribution in [0.2, 0.25) is 0 Å². The topological polar surface area (TPSA) is 30.7 Å². The first-order chi connectivity index (χ1) is 30.2. The summed E-state index contributed by atoms with van der Waals surface area (Å²) >= 11 is 0. The first-order valence-corrected chi connectivity index (χ1v) is 20.7. The molecular weight excluding hydrogens is 739 g/mol. The van der Waals surface area contributed by atoms with E-state index in [1.807, 2.05) is 0 Å². The third-order valence-electron chi connectivity index (χ3n) is 11.6. The van der Waals surface area contributed by atoms with Crippen LogP contribution in [0.25, 0.3) is 106 Å². The van der Waals surface area contributed by atoms with Gasteiger partial charge in [0.15, 0.2) is 5.82 Å². The molecule has 0 amide bonds. The summed E-state index contributed by atoms with van der Waals surface area (Å²) in [4.78, 5) is 10.8. The second-order valence-electron chi connectivity index (χ2n) is 15.4. The molecule has 286 valence electrons. The van der Waals surface area contributed by atoms with E-state index >= 15 is 0 Å². The van der Waals surface area contributed by atoms with Crippen LogP contribution < -0.4 is 0 Å². The molecule has 0 saturated carbocycles. The van der Waals surface area contributed by atoms with Crippen molar-refractivity contribution in [2.45, 2.75) is 0 Å². The van der Waals surface area contributed by atoms with Crippen LogP contribution in [-0.4, -0.2) is 14.5 Å². The lowest BCUT2D eigenvalue weighted by molar-refractivity contribution is 1.11. The fourth-order valence-corrected chi connectivity index (χ4v) is 8.59. The number of hydrogen-bond donors (Lipinski definition) is 0. The van der Waals surface area contributed by atoms with Crippen LogP contribution in [0.1, 0.15) is 0 Å². The maximum atomic E-state index is 5.42. The van der Waals surface area contributed by atoms with Gasteiger partial charge in [-0.25, -0.2) is 9.97 Å². The van der Waals surface area contributed by atoms with E-state index in [0.29, 0.717) is 5.82 Å². The van der Waals surface area contributed by atoms with Gasteiger partial charge in [0.1, 0.15) is 5.65 Å². The average Bonchev–Trinajstić information content (AvgIpc) is 3.69. The quantitative estimate of drug-likeness (QED) is 0.154. The van der Waals surface area contributed by atoms with Crippen LogP contribution in [-0.2, 0) is 0 Å². The zero-order chi connectivity index (χ0) is 40.5. The summed E-state index contributed by atoms with van der Waals surface area (Å²) in [5.74, 6) is 0.679. The summed E-state index contributed by atoms with van der Waals surface area (Å²) < 4.78 is 2.27. The summed E-state index contributed by atoms with van der Waals surface area (Å²) in [5, 5.41) is 2.17. The fraction of sp³-hybridized carbons (Fsp3) is 0. The van der Waals surface area contributed by atoms with Gasteiger partial charge in [-0.05, 0) is 104 Å². The molecule has 0 fully saturated rings. The summed E-state index contributed by atoms with van der Waals surface area (Å²) in [6.07, 6.45) is 0. The molecule has 11 aromatic rings. The number of hydrogen-bond acceptors (Lipinski definition) is 2. The number of fused-ring (bicyclic) bond motifs is 3. The summed E-state index contributed by atoms with van der Waals surface area (Å²) in [5.41, 5.74) is 17.6. The highest BCUT2D eigenvalue weighted by atomic mass is 15.1. The van der Waals surface area contributed by atoms with Gasteiger partial charge in [-0.1, -0.05) is 188 Å². The van der Waals surface area contributed by atoms with Crippen molar-refractivity contribution in [1.29, 1.82) is 0 Å². The summed E-state index contributed by atoms with van der Waals surface area (Å²) in [6.45, 7) is 0. The van der Waals surface area contributed by atoms with E-state index in [4.69, 9.17) is 9.97 Å². The maximum absolute atomic E-state index is 5.42. The van der Waals surface area contributed by atoms with Crippen molar-refractivity contribution in [3.63, 3.8) is 0 Å². The Kier molecular flexibility index (Phi) is 9.18. The maximum Gasteiger partial charge on any atom is 0.162 e. The molecule has 0 bridgehead atoms. The van der Waals surface area contributed by atoms with E-state index in [2.05, 4.69) is 241 Å². The van der Waals surface area contributed by atoms with Crippen molar-refractivity contribution in [3.05, 3.63) is 237 Å². The van der Waals surface area contributed by atoms with E-state index in [0.717, 1.165) is 72.3 Å². The van der Waals surface area contributed by atoms with Gasteiger partial charge in [-0.2, -0.15) is 0 Å². The molecule has 0 spiro atoms. The second kappa shape index (κ2) is 15.6. The van der Waals surface area contributed by atoms with Crippen LogP contribution in [0.5, 0.6) is 0 Å². The van der Waals surface area contributed by atoms with Crippen molar-refractivity contribution in [2.75, 3.05) is 0 Å². The average molecular weight is 778 g/mol. The molecule has 0 radical (unpaired) electrons. The van der Waals surface area contributed by atoms with Crippen molar-refractivity contribution in [2.24, 2.45) is 0 Å². The highest BCUT2D eigenvalue weighted by Gasteiger charge is 2.21. The SMILES string of the molecule is c1ccc(-c2ccc(-c3cccc(-c4cc(-c5ccccc5)cc(-c5cccc(-c6nc(-c7ccccc7)c7c8ccccc8n(-c8ccccc8)c7n6)c5)c4)c3)cc2)cc1. The molecule has 0 aliphatic carbocycles. The van der Waals surface area contributed by atoms with Crippen LogP contribution >= 0.6 is 0 Å². The molecular formula is C58H39N3. The largest absolute Gasteiger partial charge is 0.294 e. The van der Waals surface area contributed by atoms with E-state index in [9.17, 15) is 0 Å². The van der Waals surface area contributed by atoms with Crippen molar-refractivity contribution < 1.29 is 0 Å². The summed E-state index contributed by atoms with van der Waals surface area (Å²) in [7, 11) is 0. The fourth-order valence-electron chi connectivity index (χ4n) is 8.59. The number of para-hydroxylation sites is 2. The van der Waals surface area contributed by atoms with Crippen molar-refractivity contribution in [3.8, 4) is 84.0 Å². The Hall–Kier alpha value is -8.14. The van der Waals surface area contributed by atoms with Crippen LogP contribution in [0.3, 0.4) is 0 Å². The Bertz CT molecular complexity index is 3320. The Morgan fingerprint density at radius 2 is 0.672 bits per heavy atom. The Balaban J connectivity index is 1.05. The lowest BCUT2D eigenvalue weighted by atomic mass is 9.91. The van der Waals surface area contributed by atoms with Gasteiger partial charge >= 0.3 is 0 Å². The van der Waals surface area contributed by atoms with Crippen molar-refractivity contribution in [1.82, 2.24) is 14.5 Å². The standard InChI is InChI=1S/C58H39N3/c1-5-17-40(18-6-1)42-31-33-43(34-32-42)45-23-15-24-46(35-45)50-37-49(41-19-7-2-8-20-41)38-51(39-50)47-25-16-26-48(36-47)57-59-56(44-21-9-3-10-22-44)55-53-29-13-14-30-54(53)61(58(55)60-57)52-27-11-4-12-28-52/h1-39H. The summed E-state index contributed by atoms with van der Waals surface area (Å²) in [6, 6.07) is 84.1. The number of nitrogens with zero attached hydrogens (tertiary/aromatic N) is 3. The number of aromatic nitrogens is 3. The van der Waals surface area contributed by atoms with Gasteiger partial charge < -0.3 is 0 Å². The molecule has 3 nitrogen and oxygen atoms in total. The van der Waals surface area contributed by atoms with E-state index in [1.165, 1.54) is 27.8 Å². The lowest BCUT2D eigenvalue weighted by Crippen LogP contribution is -1.99. The van der Waals surface area contributed by atoms with Crippen LogP contribution in [0.4, 0.5) is 0 Å². The molecule has 0 saturated heterocycles. The highest BCUT2D eigenvalue weighted by molar-refractivity contribution is 6.14. The first-order valence-electron chi connectivity index (χ1n) is 20.7. The molecule has 61 heavy (non-hydrogen) atoms. The molecule has 2 aromatic heterocycles. The third kappa shape index (κ3) is 6.88. The van der Waals surface area contributed by atoms with Crippen LogP contribution in [0.15, 0.2) is 237 Å². The normalized spacial score (nSPS) is 11.3. The van der Waals surface area contributed by atoms with Gasteiger partial charge in [0, 0.05) is 22.2 Å². The molecule has 0 unspecified atom stereocenters. The van der Waals surface area contributed by atoms with Crippen LogP contribution in [0, 0.1) is 0 Å². The molecule has 0 aliphatic heterocycles. The minimum absolute atomic E-state index is 0.679. The zero-order valence-electron chi connectivity index (χ0n) is 33.4. The Morgan fingerprint density at radius 1 is 0.279 bits per heavy atom. The molecule has 0 aliphatic rings. The van der Waals surface area contributed by atoms with E-state index in [1.54, 1.807) is 0 Å². The monoisotopic (exact) mass is 777 g/mol. The van der Waals surface area contributed by atoms with Crippen molar-refractivity contribution >= 4 is 21.9 Å². The number of benzene rings is 9. The van der Waals surface area contributed by atoms with Gasteiger partial charge in [-0.15, -0.1) is 0 Å². The third-order valence-corrected chi connectivity index (χ3v) is 11.6. The molecule has 0 N–H and O–H groups in total. The Morgan fingerprint density at radius 3 is 1.28 bits per heavy atom. The minimum atomic E-state index is 0.679. The van der Waals surface area contributed by atoms with E-state index < -0.39 is 0 Å². The smallest absolute Gasteiger partial charge is 0.162 e. The molecule has 2 heterocycles. The number of rotatable bonds is 8. The molecule has 3 heteroatoms. The highest BCUT2D eigenvalue weighted by Crippen LogP contribution is 2.40.